The van der Waals surface area contributed by atoms with Gasteiger partial charge in [0.05, 0.1) is 6.54 Å². The quantitative estimate of drug-likeness (QED) is 0.762. The van der Waals surface area contributed by atoms with Gasteiger partial charge in [0.2, 0.25) is 5.09 Å². The predicted octanol–water partition coefficient (Wildman–Crippen LogP) is 0.893. The maximum absolute atomic E-state index is 11.1. The highest BCUT2D eigenvalue weighted by atomic mass is 32.2. The fourth-order valence-electron chi connectivity index (χ4n) is 2.41. The number of nitrogens with one attached hydrogen (secondary N) is 1. The first-order chi connectivity index (χ1) is 9.55. The Balaban J connectivity index is 1.69. The Morgan fingerprint density at radius 2 is 1.90 bits per heavy atom. The van der Waals surface area contributed by atoms with Crippen molar-refractivity contribution in [2.24, 2.45) is 5.14 Å². The molecule has 0 spiro atoms. The summed E-state index contributed by atoms with van der Waals surface area (Å²) in [5.74, 6) is 0.588. The van der Waals surface area contributed by atoms with E-state index in [0.717, 1.165) is 13.1 Å². The monoisotopic (exact) mass is 301 g/mol. The molecule has 114 valence electrons. The second-order valence-electron chi connectivity index (χ2n) is 5.20. The molecule has 1 aliphatic rings. The van der Waals surface area contributed by atoms with Gasteiger partial charge in [-0.05, 0) is 38.1 Å². The molecule has 1 aromatic rings. The largest absolute Gasteiger partial charge is 0.447 e. The molecular weight excluding hydrogens is 278 g/mol. The normalized spacial score (nSPS) is 18.1. The lowest BCUT2D eigenvalue weighted by Gasteiger charge is -2.19. The molecule has 7 heteroatoms. The average Bonchev–Trinajstić information content (AvgIpc) is 2.72. The molecule has 0 radical (unpaired) electrons. The number of hydrogen-bond acceptors (Lipinski definition) is 5. The van der Waals surface area contributed by atoms with E-state index in [2.05, 4.69) is 10.2 Å². The predicted molar refractivity (Wildman–Crippen MR) is 76.7 cm³/mol. The van der Waals surface area contributed by atoms with Crippen molar-refractivity contribution >= 4 is 10.0 Å². The fraction of sp³-hybridized carbons (Fsp3) is 0.692. The molecule has 0 saturated carbocycles. The van der Waals surface area contributed by atoms with Crippen molar-refractivity contribution in [3.63, 3.8) is 0 Å². The number of nitrogens with zero attached hydrogens (tertiary/aromatic N) is 1. The minimum Gasteiger partial charge on any atom is -0.447 e. The first-order valence-electron chi connectivity index (χ1n) is 7.10. The second-order valence-corrected chi connectivity index (χ2v) is 6.69. The molecule has 2 heterocycles. The van der Waals surface area contributed by atoms with Crippen LogP contribution in [0.5, 0.6) is 0 Å². The Hall–Kier alpha value is -0.890. The zero-order valence-electron chi connectivity index (χ0n) is 11.7. The van der Waals surface area contributed by atoms with Crippen molar-refractivity contribution in [3.05, 3.63) is 17.9 Å². The zero-order valence-corrected chi connectivity index (χ0v) is 12.5. The molecular formula is C13H23N3O3S. The summed E-state index contributed by atoms with van der Waals surface area (Å²) in [7, 11) is -3.74. The Morgan fingerprint density at radius 3 is 2.50 bits per heavy atom. The summed E-state index contributed by atoms with van der Waals surface area (Å²) in [5, 5.41) is 8.07. The average molecular weight is 301 g/mol. The smallest absolute Gasteiger partial charge is 0.271 e. The van der Waals surface area contributed by atoms with Gasteiger partial charge < -0.3 is 14.6 Å². The van der Waals surface area contributed by atoms with Gasteiger partial charge in [-0.2, -0.15) is 0 Å². The van der Waals surface area contributed by atoms with Crippen LogP contribution in [0.4, 0.5) is 0 Å². The summed E-state index contributed by atoms with van der Waals surface area (Å²) in [6, 6.07) is 3.03. The van der Waals surface area contributed by atoms with Gasteiger partial charge in [0.25, 0.3) is 10.0 Å². The van der Waals surface area contributed by atoms with Gasteiger partial charge in [0, 0.05) is 13.1 Å². The number of sulfonamides is 1. The molecule has 20 heavy (non-hydrogen) atoms. The molecule has 0 bridgehead atoms. The molecule has 1 aliphatic heterocycles. The lowest BCUT2D eigenvalue weighted by molar-refractivity contribution is 0.282. The zero-order chi connectivity index (χ0) is 14.4. The lowest BCUT2D eigenvalue weighted by Crippen LogP contribution is -2.32. The number of likely N-dealkylation sites (tertiary alicyclic amines) is 1. The molecule has 1 fully saturated rings. The minimum absolute atomic E-state index is 0.179. The van der Waals surface area contributed by atoms with Crippen LogP contribution in [0.2, 0.25) is 0 Å². The van der Waals surface area contributed by atoms with Crippen molar-refractivity contribution in [1.29, 1.82) is 0 Å². The molecule has 1 saturated heterocycles. The third-order valence-electron chi connectivity index (χ3n) is 3.52. The van der Waals surface area contributed by atoms with E-state index in [1.54, 1.807) is 6.07 Å². The molecule has 1 aromatic heterocycles. The Bertz CT molecular complexity index is 505. The third-order valence-corrected chi connectivity index (χ3v) is 4.30. The summed E-state index contributed by atoms with van der Waals surface area (Å²) in [6.45, 7) is 4.76. The maximum Gasteiger partial charge on any atom is 0.271 e. The van der Waals surface area contributed by atoms with E-state index < -0.39 is 10.0 Å². The van der Waals surface area contributed by atoms with Gasteiger partial charge in [-0.15, -0.1) is 0 Å². The summed E-state index contributed by atoms with van der Waals surface area (Å²) in [5.41, 5.74) is 0. The summed E-state index contributed by atoms with van der Waals surface area (Å²) in [4.78, 5) is 2.47. The van der Waals surface area contributed by atoms with Crippen LogP contribution in [0.3, 0.4) is 0 Å². The molecule has 0 amide bonds. The van der Waals surface area contributed by atoms with Crippen LogP contribution < -0.4 is 10.5 Å². The van der Waals surface area contributed by atoms with Crippen LogP contribution in [0.15, 0.2) is 21.6 Å². The molecule has 2 rings (SSSR count). The number of furan rings is 1. The van der Waals surface area contributed by atoms with Crippen LogP contribution in [-0.4, -0.2) is 39.5 Å². The summed E-state index contributed by atoms with van der Waals surface area (Å²) in [6.07, 6.45) is 5.26. The van der Waals surface area contributed by atoms with Crippen molar-refractivity contribution in [1.82, 2.24) is 10.2 Å². The number of primary sulfonamides is 1. The lowest BCUT2D eigenvalue weighted by atomic mass is 10.2. The van der Waals surface area contributed by atoms with Crippen LogP contribution in [0, 0.1) is 0 Å². The van der Waals surface area contributed by atoms with Gasteiger partial charge in [0.15, 0.2) is 0 Å². The summed E-state index contributed by atoms with van der Waals surface area (Å²) >= 11 is 0. The number of nitrogens with two attached hydrogens (primary N) is 1. The van der Waals surface area contributed by atoms with Gasteiger partial charge in [-0.1, -0.05) is 12.8 Å². The molecule has 6 nitrogen and oxygen atoms in total. The topological polar surface area (TPSA) is 88.6 Å². The van der Waals surface area contributed by atoms with Gasteiger partial charge in [-0.3, -0.25) is 0 Å². The van der Waals surface area contributed by atoms with E-state index in [0.29, 0.717) is 12.3 Å². The highest BCUT2D eigenvalue weighted by molar-refractivity contribution is 7.89. The van der Waals surface area contributed by atoms with Crippen molar-refractivity contribution in [3.8, 4) is 0 Å². The van der Waals surface area contributed by atoms with Gasteiger partial charge in [-0.25, -0.2) is 13.6 Å². The van der Waals surface area contributed by atoms with Crippen molar-refractivity contribution in [2.45, 2.75) is 37.3 Å². The highest BCUT2D eigenvalue weighted by Crippen LogP contribution is 2.12. The maximum atomic E-state index is 11.1. The second kappa shape index (κ2) is 7.21. The standard InChI is InChI=1S/C13H23N3O3S/c14-20(17,18)13-6-5-12(19-13)11-15-7-10-16-8-3-1-2-4-9-16/h5-6,15H,1-4,7-11H2,(H2,14,17,18). The van der Waals surface area contributed by atoms with Crippen molar-refractivity contribution in [2.75, 3.05) is 26.2 Å². The summed E-state index contributed by atoms with van der Waals surface area (Å²) < 4.78 is 27.3. The SMILES string of the molecule is NS(=O)(=O)c1ccc(CNCCN2CCCCCC2)o1. The molecule has 3 N–H and O–H groups in total. The molecule has 0 atom stereocenters. The Labute approximate surface area is 120 Å². The number of hydrogen-bond donors (Lipinski definition) is 2. The van der Waals surface area contributed by atoms with E-state index >= 15 is 0 Å². The van der Waals surface area contributed by atoms with E-state index in [4.69, 9.17) is 9.56 Å². The van der Waals surface area contributed by atoms with Gasteiger partial charge >= 0.3 is 0 Å². The van der Waals surface area contributed by atoms with Crippen LogP contribution >= 0.6 is 0 Å². The first kappa shape index (κ1) is 15.5. The van der Waals surface area contributed by atoms with Crippen LogP contribution in [0.25, 0.3) is 0 Å². The number of rotatable bonds is 6. The third kappa shape index (κ3) is 4.90. The highest BCUT2D eigenvalue weighted by Gasteiger charge is 2.13. The first-order valence-corrected chi connectivity index (χ1v) is 8.65. The van der Waals surface area contributed by atoms with Gasteiger partial charge in [0.1, 0.15) is 5.76 Å². The Morgan fingerprint density at radius 1 is 1.20 bits per heavy atom. The molecule has 0 aromatic carbocycles. The van der Waals surface area contributed by atoms with E-state index in [9.17, 15) is 8.42 Å². The fourth-order valence-corrected chi connectivity index (χ4v) is 2.90. The Kier molecular flexibility index (Phi) is 5.59. The van der Waals surface area contributed by atoms with E-state index in [1.807, 2.05) is 0 Å². The minimum atomic E-state index is -3.74. The van der Waals surface area contributed by atoms with E-state index in [-0.39, 0.29) is 5.09 Å². The van der Waals surface area contributed by atoms with Crippen LogP contribution in [-0.2, 0) is 16.6 Å². The van der Waals surface area contributed by atoms with Crippen LogP contribution in [0.1, 0.15) is 31.4 Å². The molecule has 0 unspecified atom stereocenters. The molecule has 0 aliphatic carbocycles. The van der Waals surface area contributed by atoms with Crippen molar-refractivity contribution < 1.29 is 12.8 Å². The van der Waals surface area contributed by atoms with E-state index in [1.165, 1.54) is 44.8 Å².